The van der Waals surface area contributed by atoms with Crippen molar-refractivity contribution in [2.24, 2.45) is 20.7 Å². The maximum absolute atomic E-state index is 4.13. The number of hydrogen-bond acceptors (Lipinski definition) is 5. The van der Waals surface area contributed by atoms with Crippen molar-refractivity contribution in [1.82, 2.24) is 0 Å². The highest BCUT2D eigenvalue weighted by Gasteiger charge is 2.32. The van der Waals surface area contributed by atoms with Gasteiger partial charge in [-0.05, 0) is 29.0 Å². The van der Waals surface area contributed by atoms with Crippen LogP contribution in [0.2, 0.25) is 0 Å². The van der Waals surface area contributed by atoms with Crippen molar-refractivity contribution in [2.75, 3.05) is 5.75 Å². The second-order valence-electron chi connectivity index (χ2n) is 3.43. The quantitative estimate of drug-likeness (QED) is 0.586. The predicted molar refractivity (Wildman–Crippen MR) is 59.3 cm³/mol. The van der Waals surface area contributed by atoms with Gasteiger partial charge in [0, 0.05) is 6.42 Å². The topological polar surface area (TPSA) is 49.4 Å². The first kappa shape index (κ1) is 11.6. The molecule has 1 rings (SSSR count). The third-order valence-electron chi connectivity index (χ3n) is 2.13. The lowest BCUT2D eigenvalue weighted by molar-refractivity contribution is 0.547. The molecule has 80 valence electrons. The Hall–Kier alpha value is -0.450. The molecular weight excluding hydrogens is 196 g/mol. The monoisotopic (exact) mass is 214 g/mol. The Labute approximate surface area is 89.6 Å². The first-order valence-corrected chi connectivity index (χ1v) is 6.29. The molecule has 1 aliphatic heterocycles. The van der Waals surface area contributed by atoms with E-state index in [0.717, 1.165) is 18.6 Å². The molecule has 4 nitrogen and oxygen atoms in total. The highest BCUT2D eigenvalue weighted by Crippen LogP contribution is 2.38. The molecule has 0 radical (unpaired) electrons. The van der Waals surface area contributed by atoms with Crippen molar-refractivity contribution < 1.29 is 0 Å². The van der Waals surface area contributed by atoms with Gasteiger partial charge in [-0.2, -0.15) is 0 Å². The molecule has 1 heterocycles. The summed E-state index contributed by atoms with van der Waals surface area (Å²) in [6.07, 6.45) is 5.69. The Morgan fingerprint density at radius 1 is 1.00 bits per heavy atom. The van der Waals surface area contributed by atoms with Crippen molar-refractivity contribution in [3.05, 3.63) is 0 Å². The van der Waals surface area contributed by atoms with Gasteiger partial charge in [0.1, 0.15) is 0 Å². The van der Waals surface area contributed by atoms with Crippen molar-refractivity contribution in [3.63, 3.8) is 0 Å². The van der Waals surface area contributed by atoms with Crippen molar-refractivity contribution in [3.8, 4) is 0 Å². The second kappa shape index (κ2) is 6.11. The van der Waals surface area contributed by atoms with Gasteiger partial charge in [0.25, 0.3) is 0 Å². The van der Waals surface area contributed by atoms with E-state index in [1.807, 2.05) is 0 Å². The Kier molecular flexibility index (Phi) is 5.07. The summed E-state index contributed by atoms with van der Waals surface area (Å²) in [4.78, 5) is -0.370. The summed E-state index contributed by atoms with van der Waals surface area (Å²) in [6.45, 7) is 4.37. The van der Waals surface area contributed by atoms with Gasteiger partial charge in [0.15, 0.2) is 0 Å². The van der Waals surface area contributed by atoms with E-state index in [-0.39, 0.29) is 4.99 Å². The Morgan fingerprint density at radius 2 is 1.64 bits per heavy atom. The zero-order valence-electron chi connectivity index (χ0n) is 8.94. The Morgan fingerprint density at radius 3 is 2.21 bits per heavy atom. The lowest BCUT2D eigenvalue weighted by atomic mass is 10.2. The van der Waals surface area contributed by atoms with Crippen LogP contribution >= 0.6 is 11.8 Å². The van der Waals surface area contributed by atoms with E-state index in [1.165, 1.54) is 19.3 Å². The zero-order chi connectivity index (χ0) is 10.3. The second-order valence-corrected chi connectivity index (χ2v) is 4.78. The summed E-state index contributed by atoms with van der Waals surface area (Å²) in [6, 6.07) is 0. The van der Waals surface area contributed by atoms with Crippen LogP contribution in [0.5, 0.6) is 0 Å². The maximum Gasteiger partial charge on any atom is 0.240 e. The van der Waals surface area contributed by atoms with Crippen molar-refractivity contribution in [2.45, 2.75) is 50.9 Å². The van der Waals surface area contributed by atoms with Crippen LogP contribution in [0.4, 0.5) is 0 Å². The molecule has 0 amide bonds. The van der Waals surface area contributed by atoms with Gasteiger partial charge < -0.3 is 0 Å². The fraction of sp³-hybridized carbons (Fsp3) is 1.00. The SMILES string of the molecule is CCCCSC1(CCCC)N=NN=N1. The lowest BCUT2D eigenvalue weighted by Crippen LogP contribution is -2.16. The normalized spacial score (nSPS) is 17.9. The van der Waals surface area contributed by atoms with E-state index in [0.29, 0.717) is 0 Å². The number of thioether (sulfide) groups is 1. The van der Waals surface area contributed by atoms with Crippen LogP contribution in [0.25, 0.3) is 0 Å². The molecular formula is C9H18N4S. The smallest absolute Gasteiger partial charge is 0.123 e. The molecule has 0 aromatic carbocycles. The molecule has 14 heavy (non-hydrogen) atoms. The van der Waals surface area contributed by atoms with E-state index in [9.17, 15) is 0 Å². The molecule has 0 aromatic rings. The van der Waals surface area contributed by atoms with Crippen LogP contribution in [0, 0.1) is 0 Å². The van der Waals surface area contributed by atoms with Crippen LogP contribution < -0.4 is 0 Å². The van der Waals surface area contributed by atoms with Gasteiger partial charge in [-0.3, -0.25) is 0 Å². The summed E-state index contributed by atoms with van der Waals surface area (Å²) in [5.41, 5.74) is 0. The van der Waals surface area contributed by atoms with Gasteiger partial charge in [-0.15, -0.1) is 22.0 Å². The molecule has 1 aliphatic rings. The van der Waals surface area contributed by atoms with Crippen LogP contribution in [-0.4, -0.2) is 10.7 Å². The van der Waals surface area contributed by atoms with Crippen LogP contribution in [-0.2, 0) is 0 Å². The summed E-state index contributed by atoms with van der Waals surface area (Å²) >= 11 is 1.78. The molecule has 0 unspecified atom stereocenters. The van der Waals surface area contributed by atoms with E-state index < -0.39 is 0 Å². The minimum absolute atomic E-state index is 0.370. The maximum atomic E-state index is 4.13. The standard InChI is InChI=1S/C9H18N4S/c1-3-5-7-9(10-12-13-11-9)14-8-6-4-2/h3-8H2,1-2H3. The molecule has 0 atom stereocenters. The molecule has 0 aliphatic carbocycles. The number of unbranched alkanes of at least 4 members (excludes halogenated alkanes) is 2. The summed E-state index contributed by atoms with van der Waals surface area (Å²) in [5.74, 6) is 1.10. The van der Waals surface area contributed by atoms with Gasteiger partial charge in [0.05, 0.1) is 0 Å². The zero-order valence-corrected chi connectivity index (χ0v) is 9.76. The highest BCUT2D eigenvalue weighted by atomic mass is 32.2. The van der Waals surface area contributed by atoms with Gasteiger partial charge in [0.2, 0.25) is 4.99 Å². The van der Waals surface area contributed by atoms with Gasteiger partial charge in [-0.25, -0.2) is 0 Å². The first-order valence-electron chi connectivity index (χ1n) is 5.31. The third-order valence-corrected chi connectivity index (χ3v) is 3.45. The number of hydrogen-bond donors (Lipinski definition) is 0. The minimum atomic E-state index is -0.370. The average molecular weight is 214 g/mol. The number of rotatable bonds is 7. The Bertz CT molecular complexity index is 203. The molecule has 0 saturated heterocycles. The largest absolute Gasteiger partial charge is 0.240 e. The first-order chi connectivity index (χ1) is 6.83. The van der Waals surface area contributed by atoms with E-state index in [1.54, 1.807) is 11.8 Å². The lowest BCUT2D eigenvalue weighted by Gasteiger charge is -2.18. The van der Waals surface area contributed by atoms with Crippen LogP contribution in [0.1, 0.15) is 46.0 Å². The van der Waals surface area contributed by atoms with Gasteiger partial charge in [-0.1, -0.05) is 26.7 Å². The Balaban J connectivity index is 2.37. The van der Waals surface area contributed by atoms with E-state index in [4.69, 9.17) is 0 Å². The van der Waals surface area contributed by atoms with E-state index in [2.05, 4.69) is 34.5 Å². The summed E-state index contributed by atoms with van der Waals surface area (Å²) in [7, 11) is 0. The van der Waals surface area contributed by atoms with Crippen molar-refractivity contribution >= 4 is 11.8 Å². The minimum Gasteiger partial charge on any atom is -0.123 e. The van der Waals surface area contributed by atoms with E-state index >= 15 is 0 Å². The van der Waals surface area contributed by atoms with Crippen LogP contribution in [0.3, 0.4) is 0 Å². The predicted octanol–water partition coefficient (Wildman–Crippen LogP) is 4.20. The molecule has 0 spiro atoms. The number of nitrogens with zero attached hydrogens (tertiary/aromatic N) is 4. The highest BCUT2D eigenvalue weighted by molar-refractivity contribution is 8.00. The fourth-order valence-corrected chi connectivity index (χ4v) is 2.45. The molecule has 5 heteroatoms. The molecule has 0 N–H and O–H groups in total. The molecule has 0 aromatic heterocycles. The average Bonchev–Trinajstić information content (AvgIpc) is 2.65. The van der Waals surface area contributed by atoms with Crippen molar-refractivity contribution in [1.29, 1.82) is 0 Å². The summed E-state index contributed by atoms with van der Waals surface area (Å²) in [5, 5.41) is 15.5. The van der Waals surface area contributed by atoms with Crippen LogP contribution in [0.15, 0.2) is 20.7 Å². The summed E-state index contributed by atoms with van der Waals surface area (Å²) < 4.78 is 0. The molecule has 0 fully saturated rings. The molecule has 0 bridgehead atoms. The van der Waals surface area contributed by atoms with Gasteiger partial charge >= 0.3 is 0 Å². The third kappa shape index (κ3) is 3.36. The fourth-order valence-electron chi connectivity index (χ4n) is 1.22. The molecule has 0 saturated carbocycles.